The number of para-hydroxylation sites is 1. The highest BCUT2D eigenvalue weighted by molar-refractivity contribution is 5.51. The van der Waals surface area contributed by atoms with Crippen LogP contribution in [-0.2, 0) is 6.54 Å². The zero-order valence-electron chi connectivity index (χ0n) is 11.9. The number of hydrogen-bond donors (Lipinski definition) is 1. The number of nitrogens with one attached hydrogen (secondary N) is 1. The van der Waals surface area contributed by atoms with Crippen LogP contribution >= 0.6 is 0 Å². The number of anilines is 1. The van der Waals surface area contributed by atoms with E-state index in [1.54, 1.807) is 0 Å². The molecule has 0 bridgehead atoms. The van der Waals surface area contributed by atoms with Crippen molar-refractivity contribution in [2.75, 3.05) is 19.4 Å². The fourth-order valence-electron chi connectivity index (χ4n) is 2.94. The molecule has 1 aromatic rings. The lowest BCUT2D eigenvalue weighted by Crippen LogP contribution is -2.18. The Balaban J connectivity index is 2.00. The van der Waals surface area contributed by atoms with Crippen LogP contribution in [0.3, 0.4) is 0 Å². The number of hydrogen-bond acceptors (Lipinski definition) is 2. The van der Waals surface area contributed by atoms with Crippen molar-refractivity contribution in [1.29, 1.82) is 0 Å². The van der Waals surface area contributed by atoms with Gasteiger partial charge in [-0.1, -0.05) is 31.5 Å². The molecular weight excluding hydrogens is 220 g/mol. The minimum atomic E-state index is 0.679. The van der Waals surface area contributed by atoms with E-state index >= 15 is 0 Å². The highest BCUT2D eigenvalue weighted by Crippen LogP contribution is 2.31. The summed E-state index contributed by atoms with van der Waals surface area (Å²) in [5, 5.41) is 3.75. The summed E-state index contributed by atoms with van der Waals surface area (Å²) in [5.74, 6) is 0.934. The predicted molar refractivity (Wildman–Crippen MR) is 78.9 cm³/mol. The van der Waals surface area contributed by atoms with Gasteiger partial charge in [0.25, 0.3) is 0 Å². The largest absolute Gasteiger partial charge is 0.382 e. The molecule has 1 N–H and O–H groups in total. The Bertz CT molecular complexity index is 373. The van der Waals surface area contributed by atoms with Crippen LogP contribution in [-0.4, -0.2) is 25.0 Å². The quantitative estimate of drug-likeness (QED) is 0.851. The van der Waals surface area contributed by atoms with Gasteiger partial charge < -0.3 is 10.2 Å². The van der Waals surface area contributed by atoms with Crippen molar-refractivity contribution in [2.24, 2.45) is 5.92 Å². The summed E-state index contributed by atoms with van der Waals surface area (Å²) in [7, 11) is 4.25. The van der Waals surface area contributed by atoms with E-state index in [9.17, 15) is 0 Å². The van der Waals surface area contributed by atoms with Crippen LogP contribution < -0.4 is 5.32 Å². The molecule has 2 unspecified atom stereocenters. The van der Waals surface area contributed by atoms with Crippen LogP contribution in [0.15, 0.2) is 24.3 Å². The zero-order valence-corrected chi connectivity index (χ0v) is 11.9. The van der Waals surface area contributed by atoms with Gasteiger partial charge in [-0.05, 0) is 50.9 Å². The fourth-order valence-corrected chi connectivity index (χ4v) is 2.94. The first-order chi connectivity index (χ1) is 8.69. The van der Waals surface area contributed by atoms with Crippen molar-refractivity contribution >= 4 is 5.69 Å². The molecule has 2 rings (SSSR count). The molecule has 18 heavy (non-hydrogen) atoms. The summed E-state index contributed by atoms with van der Waals surface area (Å²) in [6, 6.07) is 9.40. The molecular formula is C16H26N2. The molecule has 100 valence electrons. The van der Waals surface area contributed by atoms with E-state index in [2.05, 4.69) is 55.5 Å². The minimum Gasteiger partial charge on any atom is -0.382 e. The Hall–Kier alpha value is -1.02. The Labute approximate surface area is 111 Å². The Morgan fingerprint density at radius 3 is 2.67 bits per heavy atom. The average Bonchev–Trinajstić information content (AvgIpc) is 2.79. The van der Waals surface area contributed by atoms with E-state index in [0.29, 0.717) is 6.04 Å². The molecule has 2 nitrogen and oxygen atoms in total. The van der Waals surface area contributed by atoms with Crippen LogP contribution in [0.4, 0.5) is 5.69 Å². The smallest absolute Gasteiger partial charge is 0.0388 e. The second kappa shape index (κ2) is 6.24. The van der Waals surface area contributed by atoms with E-state index in [-0.39, 0.29) is 0 Å². The summed E-state index contributed by atoms with van der Waals surface area (Å²) in [6.07, 6.45) is 5.39. The maximum atomic E-state index is 3.75. The Morgan fingerprint density at radius 2 is 2.00 bits per heavy atom. The van der Waals surface area contributed by atoms with Crippen LogP contribution in [0.5, 0.6) is 0 Å². The lowest BCUT2D eigenvalue weighted by molar-refractivity contribution is 0.403. The first kappa shape index (κ1) is 13.4. The van der Waals surface area contributed by atoms with Crippen LogP contribution in [0.1, 0.15) is 38.2 Å². The normalized spacial score (nSPS) is 23.6. The fraction of sp³-hybridized carbons (Fsp3) is 0.625. The number of rotatable bonds is 5. The second-order valence-corrected chi connectivity index (χ2v) is 5.82. The summed E-state index contributed by atoms with van der Waals surface area (Å²) in [5.41, 5.74) is 2.73. The molecule has 0 spiro atoms. The van der Waals surface area contributed by atoms with Gasteiger partial charge in [-0.2, -0.15) is 0 Å². The predicted octanol–water partition coefficient (Wildman–Crippen LogP) is 3.74. The third-order valence-corrected chi connectivity index (χ3v) is 3.98. The highest BCUT2D eigenvalue weighted by atomic mass is 15.1. The van der Waals surface area contributed by atoms with Gasteiger partial charge in [-0.25, -0.2) is 0 Å². The molecule has 0 aromatic heterocycles. The van der Waals surface area contributed by atoms with Gasteiger partial charge in [0.05, 0.1) is 0 Å². The molecule has 2 atom stereocenters. The van der Waals surface area contributed by atoms with Crippen LogP contribution in [0.2, 0.25) is 0 Å². The monoisotopic (exact) mass is 246 g/mol. The SMILES string of the molecule is CCC1CCC(Nc2ccccc2CN(C)C)C1. The second-order valence-electron chi connectivity index (χ2n) is 5.82. The van der Waals surface area contributed by atoms with Crippen molar-refractivity contribution in [3.63, 3.8) is 0 Å². The number of nitrogens with zero attached hydrogens (tertiary/aromatic N) is 1. The Kier molecular flexibility index (Phi) is 4.65. The molecule has 0 amide bonds. The summed E-state index contributed by atoms with van der Waals surface area (Å²) >= 11 is 0. The van der Waals surface area contributed by atoms with Crippen molar-refractivity contribution in [3.8, 4) is 0 Å². The molecule has 2 heteroatoms. The molecule has 1 aliphatic carbocycles. The topological polar surface area (TPSA) is 15.3 Å². The van der Waals surface area contributed by atoms with Gasteiger partial charge in [-0.15, -0.1) is 0 Å². The van der Waals surface area contributed by atoms with Gasteiger partial charge in [0, 0.05) is 18.3 Å². The summed E-state index contributed by atoms with van der Waals surface area (Å²) in [6.45, 7) is 3.32. The molecule has 0 aliphatic heterocycles. The molecule has 1 aliphatic rings. The van der Waals surface area contributed by atoms with E-state index in [4.69, 9.17) is 0 Å². The van der Waals surface area contributed by atoms with Crippen molar-refractivity contribution in [1.82, 2.24) is 4.90 Å². The van der Waals surface area contributed by atoms with Crippen molar-refractivity contribution < 1.29 is 0 Å². The standard InChI is InChI=1S/C16H26N2/c1-4-13-9-10-15(11-13)17-16-8-6-5-7-14(16)12-18(2)3/h5-8,13,15,17H,4,9-12H2,1-3H3. The maximum Gasteiger partial charge on any atom is 0.0388 e. The van der Waals surface area contributed by atoms with E-state index in [0.717, 1.165) is 12.5 Å². The van der Waals surface area contributed by atoms with Crippen LogP contribution in [0, 0.1) is 5.92 Å². The lowest BCUT2D eigenvalue weighted by Gasteiger charge is -2.19. The summed E-state index contributed by atoms with van der Waals surface area (Å²) < 4.78 is 0. The lowest BCUT2D eigenvalue weighted by atomic mass is 10.1. The maximum absolute atomic E-state index is 3.75. The Morgan fingerprint density at radius 1 is 1.22 bits per heavy atom. The molecule has 0 heterocycles. The first-order valence-electron chi connectivity index (χ1n) is 7.18. The molecule has 1 aromatic carbocycles. The highest BCUT2D eigenvalue weighted by Gasteiger charge is 2.23. The molecule has 0 saturated heterocycles. The van der Waals surface area contributed by atoms with Gasteiger partial charge in [0.1, 0.15) is 0 Å². The van der Waals surface area contributed by atoms with Crippen LogP contribution in [0.25, 0.3) is 0 Å². The van der Waals surface area contributed by atoms with Crippen molar-refractivity contribution in [3.05, 3.63) is 29.8 Å². The average molecular weight is 246 g/mol. The minimum absolute atomic E-state index is 0.679. The van der Waals surface area contributed by atoms with Gasteiger partial charge in [0.15, 0.2) is 0 Å². The van der Waals surface area contributed by atoms with Gasteiger partial charge in [-0.3, -0.25) is 0 Å². The summed E-state index contributed by atoms with van der Waals surface area (Å²) in [4.78, 5) is 2.23. The van der Waals surface area contributed by atoms with E-state index < -0.39 is 0 Å². The van der Waals surface area contributed by atoms with Gasteiger partial charge in [0.2, 0.25) is 0 Å². The first-order valence-corrected chi connectivity index (χ1v) is 7.18. The van der Waals surface area contributed by atoms with Gasteiger partial charge >= 0.3 is 0 Å². The molecule has 1 saturated carbocycles. The van der Waals surface area contributed by atoms with E-state index in [1.807, 2.05) is 0 Å². The molecule has 0 radical (unpaired) electrons. The van der Waals surface area contributed by atoms with Crippen molar-refractivity contribution in [2.45, 2.75) is 45.2 Å². The third kappa shape index (κ3) is 3.49. The zero-order chi connectivity index (χ0) is 13.0. The molecule has 1 fully saturated rings. The number of benzene rings is 1. The van der Waals surface area contributed by atoms with E-state index in [1.165, 1.54) is 36.9 Å². The third-order valence-electron chi connectivity index (χ3n) is 3.98.